The number of hydrogen-bond donors (Lipinski definition) is 3. The van der Waals surface area contributed by atoms with E-state index in [4.69, 9.17) is 11.6 Å². The smallest absolute Gasteiger partial charge is 0.280 e. The lowest BCUT2D eigenvalue weighted by Gasteiger charge is -2.37. The Bertz CT molecular complexity index is 1140. The Morgan fingerprint density at radius 2 is 1.94 bits per heavy atom. The Morgan fingerprint density at radius 3 is 2.68 bits per heavy atom. The summed E-state index contributed by atoms with van der Waals surface area (Å²) in [5.74, 6) is -0.333. The number of halogens is 2. The molecule has 164 valence electrons. The van der Waals surface area contributed by atoms with Gasteiger partial charge in [0.15, 0.2) is 5.01 Å². The van der Waals surface area contributed by atoms with Crippen LogP contribution < -0.4 is 10.6 Å². The molecule has 3 N–H and O–H groups in total. The number of carbonyl (C=O) groups is 2. The zero-order chi connectivity index (χ0) is 20.8. The van der Waals surface area contributed by atoms with Gasteiger partial charge in [-0.3, -0.25) is 9.59 Å². The minimum absolute atomic E-state index is 0. The van der Waals surface area contributed by atoms with Gasteiger partial charge in [-0.2, -0.15) is 0 Å². The summed E-state index contributed by atoms with van der Waals surface area (Å²) >= 11 is 7.49. The van der Waals surface area contributed by atoms with Crippen LogP contribution in [0.15, 0.2) is 24.3 Å². The highest BCUT2D eigenvalue weighted by Gasteiger charge is 2.34. The number of benzene rings is 1. The fourth-order valence-corrected chi connectivity index (χ4v) is 5.24. The van der Waals surface area contributed by atoms with Crippen LogP contribution in [0.1, 0.15) is 43.7 Å². The molecule has 5 rings (SSSR count). The lowest BCUT2D eigenvalue weighted by Crippen LogP contribution is -2.58. The summed E-state index contributed by atoms with van der Waals surface area (Å²) in [6.07, 6.45) is 2.56. The maximum Gasteiger partial charge on any atom is 0.280 e. The third-order valence-electron chi connectivity index (χ3n) is 5.85. The summed E-state index contributed by atoms with van der Waals surface area (Å²) in [6, 6.07) is 7.09. The number of rotatable bonds is 4. The molecule has 0 bridgehead atoms. The molecular formula is C21H23Cl2N5O2S. The second-order valence-electron chi connectivity index (χ2n) is 8.03. The SMILES string of the molecule is CN1CCc2nc(C(=O)NC3CCC3NC(=O)c3cc4cc(Cl)ccc4[nH]3)sc2C1.Cl. The Labute approximate surface area is 195 Å². The number of amides is 2. The van der Waals surface area contributed by atoms with Gasteiger partial charge in [-0.1, -0.05) is 11.6 Å². The zero-order valence-electron chi connectivity index (χ0n) is 16.9. The number of thiazole rings is 1. The second-order valence-corrected chi connectivity index (χ2v) is 9.55. The molecule has 31 heavy (non-hydrogen) atoms. The van der Waals surface area contributed by atoms with E-state index in [-0.39, 0.29) is 36.3 Å². The van der Waals surface area contributed by atoms with Crippen LogP contribution in [-0.2, 0) is 13.0 Å². The number of fused-ring (bicyclic) bond motifs is 2. The van der Waals surface area contributed by atoms with Crippen LogP contribution in [0.4, 0.5) is 0 Å². The normalized spacial score (nSPS) is 20.5. The van der Waals surface area contributed by atoms with Crippen molar-refractivity contribution in [2.75, 3.05) is 13.6 Å². The Morgan fingerprint density at radius 1 is 1.19 bits per heavy atom. The van der Waals surface area contributed by atoms with Gasteiger partial charge in [0.05, 0.1) is 5.69 Å². The maximum atomic E-state index is 12.7. The summed E-state index contributed by atoms with van der Waals surface area (Å²) in [6.45, 7) is 1.81. The molecule has 0 radical (unpaired) electrons. The molecule has 2 aliphatic rings. The first-order chi connectivity index (χ1) is 14.5. The minimum atomic E-state index is -0.181. The number of aromatic amines is 1. The van der Waals surface area contributed by atoms with E-state index in [1.807, 2.05) is 12.1 Å². The van der Waals surface area contributed by atoms with Crippen molar-refractivity contribution in [3.05, 3.63) is 50.6 Å². The topological polar surface area (TPSA) is 90.1 Å². The Balaban J connectivity index is 0.00000231. The summed E-state index contributed by atoms with van der Waals surface area (Å²) < 4.78 is 0. The predicted molar refractivity (Wildman–Crippen MR) is 124 cm³/mol. The van der Waals surface area contributed by atoms with Gasteiger partial charge >= 0.3 is 0 Å². The molecule has 3 aromatic rings. The van der Waals surface area contributed by atoms with Crippen molar-refractivity contribution in [2.45, 2.75) is 37.9 Å². The van der Waals surface area contributed by atoms with Gasteiger partial charge < -0.3 is 20.5 Å². The van der Waals surface area contributed by atoms with Crippen LogP contribution in [0.25, 0.3) is 10.9 Å². The standard InChI is InChI=1S/C21H22ClN5O2S.ClH/c1-27-7-6-16-18(10-27)30-21(26-16)20(29)25-15-5-4-14(15)24-19(28)17-9-11-8-12(22)2-3-13(11)23-17;/h2-3,8-9,14-15,23H,4-7,10H2,1H3,(H,24,28)(H,25,29);1H. The summed E-state index contributed by atoms with van der Waals surface area (Å²) in [4.78, 5) is 36.4. The van der Waals surface area contributed by atoms with Crippen molar-refractivity contribution in [1.29, 1.82) is 0 Å². The molecule has 2 unspecified atom stereocenters. The van der Waals surface area contributed by atoms with Gasteiger partial charge in [0, 0.05) is 52.4 Å². The molecule has 1 aliphatic carbocycles. The lowest BCUT2D eigenvalue weighted by atomic mass is 9.86. The van der Waals surface area contributed by atoms with E-state index in [9.17, 15) is 9.59 Å². The van der Waals surface area contributed by atoms with Crippen molar-refractivity contribution in [3.63, 3.8) is 0 Å². The van der Waals surface area contributed by atoms with Gasteiger partial charge in [0.1, 0.15) is 5.69 Å². The van der Waals surface area contributed by atoms with Crippen LogP contribution in [0.5, 0.6) is 0 Å². The summed E-state index contributed by atoms with van der Waals surface area (Å²) in [5.41, 5.74) is 2.39. The first-order valence-corrected chi connectivity index (χ1v) is 11.2. The Hall–Kier alpha value is -2.13. The molecule has 1 aromatic carbocycles. The fraction of sp³-hybridized carbons (Fsp3) is 0.381. The molecule has 1 fully saturated rings. The number of nitrogens with one attached hydrogen (secondary N) is 3. The Kier molecular flexibility index (Phi) is 6.25. The first kappa shape index (κ1) is 22.1. The van der Waals surface area contributed by atoms with Crippen molar-refractivity contribution in [3.8, 4) is 0 Å². The molecule has 2 atom stereocenters. The van der Waals surface area contributed by atoms with Crippen LogP contribution in [0, 0.1) is 0 Å². The molecule has 0 spiro atoms. The van der Waals surface area contributed by atoms with Gasteiger partial charge in [0.2, 0.25) is 0 Å². The molecule has 0 saturated heterocycles. The van der Waals surface area contributed by atoms with Crippen LogP contribution >= 0.6 is 35.3 Å². The highest BCUT2D eigenvalue weighted by Crippen LogP contribution is 2.26. The first-order valence-electron chi connectivity index (χ1n) is 10.0. The van der Waals surface area contributed by atoms with E-state index in [0.717, 1.165) is 48.9 Å². The fourth-order valence-electron chi connectivity index (χ4n) is 3.97. The van der Waals surface area contributed by atoms with Crippen molar-refractivity contribution >= 4 is 58.1 Å². The maximum absolute atomic E-state index is 12.7. The van der Waals surface area contributed by atoms with E-state index in [2.05, 4.69) is 32.5 Å². The van der Waals surface area contributed by atoms with E-state index < -0.39 is 0 Å². The summed E-state index contributed by atoms with van der Waals surface area (Å²) in [5, 5.41) is 8.11. The van der Waals surface area contributed by atoms with Crippen LogP contribution in [-0.4, -0.2) is 52.4 Å². The molecule has 2 amide bonds. The predicted octanol–water partition coefficient (Wildman–Crippen LogP) is 3.38. The zero-order valence-corrected chi connectivity index (χ0v) is 19.3. The van der Waals surface area contributed by atoms with Crippen molar-refractivity contribution < 1.29 is 9.59 Å². The molecule has 1 aliphatic heterocycles. The van der Waals surface area contributed by atoms with Gasteiger partial charge in [-0.25, -0.2) is 4.98 Å². The number of nitrogens with zero attached hydrogens (tertiary/aromatic N) is 2. The number of carbonyl (C=O) groups excluding carboxylic acids is 2. The van der Waals surface area contributed by atoms with E-state index >= 15 is 0 Å². The van der Waals surface area contributed by atoms with E-state index in [1.165, 1.54) is 16.2 Å². The third-order valence-corrected chi connectivity index (χ3v) is 7.17. The summed E-state index contributed by atoms with van der Waals surface area (Å²) in [7, 11) is 2.08. The van der Waals surface area contributed by atoms with E-state index in [1.54, 1.807) is 12.1 Å². The molecular weight excluding hydrogens is 457 g/mol. The lowest BCUT2D eigenvalue weighted by molar-refractivity contribution is 0.0826. The number of aromatic nitrogens is 2. The molecule has 10 heteroatoms. The quantitative estimate of drug-likeness (QED) is 0.534. The van der Waals surface area contributed by atoms with Crippen molar-refractivity contribution in [1.82, 2.24) is 25.5 Å². The molecule has 2 aromatic heterocycles. The number of H-pyrrole nitrogens is 1. The molecule has 3 heterocycles. The molecule has 7 nitrogen and oxygen atoms in total. The highest BCUT2D eigenvalue weighted by molar-refractivity contribution is 7.13. The van der Waals surface area contributed by atoms with Gasteiger partial charge in [-0.15, -0.1) is 23.7 Å². The van der Waals surface area contributed by atoms with Gasteiger partial charge in [-0.05, 0) is 44.2 Å². The average Bonchev–Trinajstić information content (AvgIpc) is 3.32. The second kappa shape index (κ2) is 8.78. The third kappa shape index (κ3) is 4.43. The highest BCUT2D eigenvalue weighted by atomic mass is 35.5. The number of likely N-dealkylation sites (N-methyl/N-ethyl adjacent to an activating group) is 1. The van der Waals surface area contributed by atoms with Gasteiger partial charge in [0.25, 0.3) is 11.8 Å². The van der Waals surface area contributed by atoms with E-state index in [0.29, 0.717) is 15.7 Å². The van der Waals surface area contributed by atoms with Crippen LogP contribution in [0.2, 0.25) is 5.02 Å². The van der Waals surface area contributed by atoms with Crippen molar-refractivity contribution in [2.24, 2.45) is 0 Å². The molecule has 1 saturated carbocycles. The largest absolute Gasteiger partial charge is 0.351 e. The monoisotopic (exact) mass is 479 g/mol. The average molecular weight is 480 g/mol. The van der Waals surface area contributed by atoms with Crippen LogP contribution in [0.3, 0.4) is 0 Å². The number of hydrogen-bond acceptors (Lipinski definition) is 5. The minimum Gasteiger partial charge on any atom is -0.351 e.